The lowest BCUT2D eigenvalue weighted by atomic mass is 10.2. The molecule has 0 heterocycles. The van der Waals surface area contributed by atoms with Gasteiger partial charge in [-0.1, -0.05) is 0 Å². The highest BCUT2D eigenvalue weighted by Crippen LogP contribution is 2.29. The number of ether oxygens (including phenoxy) is 5. The molecule has 2 aromatic rings. The van der Waals surface area contributed by atoms with Crippen molar-refractivity contribution in [1.29, 1.82) is 0 Å². The maximum atomic E-state index is 12.3. The van der Waals surface area contributed by atoms with Gasteiger partial charge in [-0.25, -0.2) is 4.79 Å². The fourth-order valence-electron chi connectivity index (χ4n) is 2.29. The fraction of sp³-hybridized carbons (Fsp3) is 0.316. The van der Waals surface area contributed by atoms with Crippen molar-refractivity contribution in [2.75, 3.05) is 27.9 Å². The van der Waals surface area contributed by atoms with Crippen LogP contribution in [0.2, 0.25) is 0 Å². The first kappa shape index (κ1) is 18.4. The second-order valence-corrected chi connectivity index (χ2v) is 5.05. The molecule has 0 saturated carbocycles. The molecule has 0 atom stereocenters. The van der Waals surface area contributed by atoms with Crippen molar-refractivity contribution in [3.63, 3.8) is 0 Å². The van der Waals surface area contributed by atoms with Crippen molar-refractivity contribution < 1.29 is 28.5 Å². The molecular weight excluding hydrogens is 324 g/mol. The van der Waals surface area contributed by atoms with E-state index in [0.717, 1.165) is 0 Å². The Morgan fingerprint density at radius 3 is 2.24 bits per heavy atom. The first-order valence-corrected chi connectivity index (χ1v) is 7.81. The second kappa shape index (κ2) is 8.82. The molecule has 0 aliphatic heterocycles. The molecule has 0 unspecified atom stereocenters. The molecule has 0 aliphatic carbocycles. The van der Waals surface area contributed by atoms with Crippen LogP contribution in [0.15, 0.2) is 36.4 Å². The Morgan fingerprint density at radius 1 is 0.880 bits per heavy atom. The van der Waals surface area contributed by atoms with Gasteiger partial charge in [-0.05, 0) is 43.3 Å². The summed E-state index contributed by atoms with van der Waals surface area (Å²) >= 11 is 0. The predicted molar refractivity (Wildman–Crippen MR) is 92.8 cm³/mol. The minimum absolute atomic E-state index is 0.0647. The van der Waals surface area contributed by atoms with Gasteiger partial charge in [0.05, 0.1) is 33.5 Å². The van der Waals surface area contributed by atoms with E-state index in [2.05, 4.69) is 0 Å². The molecule has 0 spiro atoms. The van der Waals surface area contributed by atoms with E-state index in [1.54, 1.807) is 57.7 Å². The summed E-state index contributed by atoms with van der Waals surface area (Å²) in [5.74, 6) is 1.88. The number of carbonyl (C=O) groups excluding carboxylic acids is 1. The molecule has 0 radical (unpaired) electrons. The van der Waals surface area contributed by atoms with Crippen molar-refractivity contribution in [2.45, 2.75) is 13.5 Å². The van der Waals surface area contributed by atoms with Crippen molar-refractivity contribution in [1.82, 2.24) is 0 Å². The molecule has 0 amide bonds. The summed E-state index contributed by atoms with van der Waals surface area (Å²) in [7, 11) is 4.68. The third kappa shape index (κ3) is 4.56. The molecule has 0 N–H and O–H groups in total. The van der Waals surface area contributed by atoms with E-state index >= 15 is 0 Å². The summed E-state index contributed by atoms with van der Waals surface area (Å²) in [6.45, 7) is 2.39. The average molecular weight is 346 g/mol. The number of hydrogen-bond donors (Lipinski definition) is 0. The van der Waals surface area contributed by atoms with Crippen LogP contribution in [0.5, 0.6) is 23.0 Å². The van der Waals surface area contributed by atoms with Crippen LogP contribution >= 0.6 is 0 Å². The normalized spacial score (nSPS) is 10.1. The molecule has 0 aromatic heterocycles. The van der Waals surface area contributed by atoms with Crippen LogP contribution in [0.4, 0.5) is 0 Å². The summed E-state index contributed by atoms with van der Waals surface area (Å²) < 4.78 is 26.5. The van der Waals surface area contributed by atoms with Crippen molar-refractivity contribution in [2.24, 2.45) is 0 Å². The largest absolute Gasteiger partial charge is 0.497 e. The monoisotopic (exact) mass is 346 g/mol. The quantitative estimate of drug-likeness (QED) is 0.682. The number of rotatable bonds is 8. The van der Waals surface area contributed by atoms with E-state index in [9.17, 15) is 4.79 Å². The summed E-state index contributed by atoms with van der Waals surface area (Å²) in [5, 5.41) is 0. The maximum Gasteiger partial charge on any atom is 0.338 e. The van der Waals surface area contributed by atoms with Crippen molar-refractivity contribution in [3.8, 4) is 23.0 Å². The highest BCUT2D eigenvalue weighted by molar-refractivity contribution is 5.90. The topological polar surface area (TPSA) is 63.2 Å². The molecule has 0 bridgehead atoms. The molecule has 6 nitrogen and oxygen atoms in total. The third-order valence-electron chi connectivity index (χ3n) is 3.55. The van der Waals surface area contributed by atoms with Crippen LogP contribution in [0, 0.1) is 0 Å². The highest BCUT2D eigenvalue weighted by atomic mass is 16.5. The minimum Gasteiger partial charge on any atom is -0.497 e. The van der Waals surface area contributed by atoms with Crippen LogP contribution in [0.3, 0.4) is 0 Å². The van der Waals surface area contributed by atoms with Gasteiger partial charge in [0.25, 0.3) is 0 Å². The molecule has 6 heteroatoms. The smallest absolute Gasteiger partial charge is 0.338 e. The predicted octanol–water partition coefficient (Wildman–Crippen LogP) is 3.47. The number of benzene rings is 2. The van der Waals surface area contributed by atoms with Gasteiger partial charge < -0.3 is 23.7 Å². The van der Waals surface area contributed by atoms with Gasteiger partial charge in [-0.2, -0.15) is 0 Å². The van der Waals surface area contributed by atoms with Gasteiger partial charge in [-0.15, -0.1) is 0 Å². The van der Waals surface area contributed by atoms with Crippen molar-refractivity contribution >= 4 is 5.97 Å². The standard InChI is InChI=1S/C19H22O6/c1-5-24-18-11-13(6-8-17(18)23-4)19(20)25-12-14-10-15(21-2)7-9-16(14)22-3/h6-11H,5,12H2,1-4H3. The summed E-state index contributed by atoms with van der Waals surface area (Å²) in [4.78, 5) is 12.3. The number of hydrogen-bond acceptors (Lipinski definition) is 6. The van der Waals surface area contributed by atoms with Crippen LogP contribution in [0.25, 0.3) is 0 Å². The fourth-order valence-corrected chi connectivity index (χ4v) is 2.29. The Balaban J connectivity index is 2.14. The molecule has 0 saturated heterocycles. The van der Waals surface area contributed by atoms with Crippen LogP contribution in [-0.4, -0.2) is 33.9 Å². The van der Waals surface area contributed by atoms with Gasteiger partial charge in [0.2, 0.25) is 0 Å². The SMILES string of the molecule is CCOc1cc(C(=O)OCc2cc(OC)ccc2OC)ccc1OC. The van der Waals surface area contributed by atoms with E-state index in [4.69, 9.17) is 23.7 Å². The van der Waals surface area contributed by atoms with E-state index in [-0.39, 0.29) is 6.61 Å². The second-order valence-electron chi connectivity index (χ2n) is 5.05. The highest BCUT2D eigenvalue weighted by Gasteiger charge is 2.14. The van der Waals surface area contributed by atoms with Crippen LogP contribution in [-0.2, 0) is 11.3 Å². The Bertz CT molecular complexity index is 726. The van der Waals surface area contributed by atoms with E-state index in [1.165, 1.54) is 0 Å². The third-order valence-corrected chi connectivity index (χ3v) is 3.55. The maximum absolute atomic E-state index is 12.3. The van der Waals surface area contributed by atoms with Crippen LogP contribution in [0.1, 0.15) is 22.8 Å². The molecule has 2 rings (SSSR count). The lowest BCUT2D eigenvalue weighted by molar-refractivity contribution is 0.0469. The lowest BCUT2D eigenvalue weighted by Gasteiger charge is -2.12. The van der Waals surface area contributed by atoms with Gasteiger partial charge in [0.15, 0.2) is 11.5 Å². The number of esters is 1. The Morgan fingerprint density at radius 2 is 1.60 bits per heavy atom. The summed E-state index contributed by atoms with van der Waals surface area (Å²) in [5.41, 5.74) is 1.10. The first-order valence-electron chi connectivity index (χ1n) is 7.81. The molecular formula is C19H22O6. The van der Waals surface area contributed by atoms with Gasteiger partial charge in [0.1, 0.15) is 18.1 Å². The van der Waals surface area contributed by atoms with Gasteiger partial charge in [-0.3, -0.25) is 0 Å². The lowest BCUT2D eigenvalue weighted by Crippen LogP contribution is -2.07. The molecule has 25 heavy (non-hydrogen) atoms. The van der Waals surface area contributed by atoms with Gasteiger partial charge in [0, 0.05) is 5.56 Å². The summed E-state index contributed by atoms with van der Waals surface area (Å²) in [6.07, 6.45) is 0. The van der Waals surface area contributed by atoms with E-state index in [1.807, 2.05) is 6.92 Å². The minimum atomic E-state index is -0.464. The molecule has 134 valence electrons. The van der Waals surface area contributed by atoms with E-state index < -0.39 is 5.97 Å². The van der Waals surface area contributed by atoms with Gasteiger partial charge >= 0.3 is 5.97 Å². The zero-order chi connectivity index (χ0) is 18.2. The molecule has 0 fully saturated rings. The Labute approximate surface area is 147 Å². The number of carbonyl (C=O) groups is 1. The molecule has 0 aliphatic rings. The summed E-state index contributed by atoms with van der Waals surface area (Å²) in [6, 6.07) is 10.2. The average Bonchev–Trinajstić information content (AvgIpc) is 2.65. The Hall–Kier alpha value is -2.89. The zero-order valence-corrected chi connectivity index (χ0v) is 14.8. The number of methoxy groups -OCH3 is 3. The van der Waals surface area contributed by atoms with Crippen molar-refractivity contribution in [3.05, 3.63) is 47.5 Å². The van der Waals surface area contributed by atoms with E-state index in [0.29, 0.717) is 40.7 Å². The van der Waals surface area contributed by atoms with Crippen LogP contribution < -0.4 is 18.9 Å². The first-order chi connectivity index (χ1) is 12.1. The Kier molecular flexibility index (Phi) is 6.51. The molecule has 2 aromatic carbocycles. The zero-order valence-electron chi connectivity index (χ0n) is 14.8.